The molecule has 148 valence electrons. The molecule has 3 aromatic rings. The fraction of sp³-hybridized carbons (Fsp3) is 0.368. The number of nitrogens with zero attached hydrogens (tertiary/aromatic N) is 4. The molecular weight excluding hydrogens is 401 g/mol. The van der Waals surface area contributed by atoms with Gasteiger partial charge in [0.15, 0.2) is 5.82 Å². The van der Waals surface area contributed by atoms with Crippen molar-refractivity contribution < 1.29 is 9.32 Å². The molecule has 1 N–H and O–H groups in total. The molecule has 0 unspecified atom stereocenters. The second kappa shape index (κ2) is 7.56. The molecule has 0 aliphatic carbocycles. The van der Waals surface area contributed by atoms with Gasteiger partial charge >= 0.3 is 0 Å². The smallest absolute Gasteiger partial charge is 0.225 e. The SMILES string of the molecule is Cc1nc(C(C)(C)NC(=O)Cc2c(C)nn(-c3ccc(Cl)c(Cl)c3)c2C)no1. The van der Waals surface area contributed by atoms with Gasteiger partial charge in [0.25, 0.3) is 0 Å². The van der Waals surface area contributed by atoms with Crippen molar-refractivity contribution in [3.63, 3.8) is 0 Å². The molecule has 0 radical (unpaired) electrons. The molecule has 3 rings (SSSR count). The lowest BCUT2D eigenvalue weighted by Crippen LogP contribution is -2.42. The van der Waals surface area contributed by atoms with Crippen molar-refractivity contribution in [2.24, 2.45) is 0 Å². The zero-order valence-electron chi connectivity index (χ0n) is 16.3. The lowest BCUT2D eigenvalue weighted by Gasteiger charge is -2.22. The largest absolute Gasteiger partial charge is 0.344 e. The Morgan fingerprint density at radius 3 is 2.54 bits per heavy atom. The molecule has 2 aromatic heterocycles. The first-order valence-electron chi connectivity index (χ1n) is 8.71. The monoisotopic (exact) mass is 421 g/mol. The number of halogens is 2. The molecule has 2 heterocycles. The number of carbonyl (C=O) groups is 1. The van der Waals surface area contributed by atoms with Gasteiger partial charge in [-0.15, -0.1) is 0 Å². The van der Waals surface area contributed by atoms with Crippen LogP contribution in [0.4, 0.5) is 0 Å². The van der Waals surface area contributed by atoms with E-state index in [0.717, 1.165) is 22.6 Å². The fourth-order valence-electron chi connectivity index (χ4n) is 2.96. The van der Waals surface area contributed by atoms with Gasteiger partial charge in [0.2, 0.25) is 11.8 Å². The minimum absolute atomic E-state index is 0.160. The van der Waals surface area contributed by atoms with Crippen LogP contribution in [0.25, 0.3) is 5.69 Å². The third kappa shape index (κ3) is 4.05. The minimum Gasteiger partial charge on any atom is -0.344 e. The topological polar surface area (TPSA) is 85.8 Å². The third-order valence-electron chi connectivity index (χ3n) is 4.46. The summed E-state index contributed by atoms with van der Waals surface area (Å²) in [5.41, 5.74) is 2.51. The maximum absolute atomic E-state index is 12.7. The van der Waals surface area contributed by atoms with Gasteiger partial charge in [-0.25, -0.2) is 4.68 Å². The van der Waals surface area contributed by atoms with E-state index in [2.05, 4.69) is 20.6 Å². The van der Waals surface area contributed by atoms with Gasteiger partial charge in [-0.05, 0) is 45.9 Å². The number of aromatic nitrogens is 4. The summed E-state index contributed by atoms with van der Waals surface area (Å²) < 4.78 is 6.77. The van der Waals surface area contributed by atoms with Gasteiger partial charge in [0.1, 0.15) is 0 Å². The Balaban J connectivity index is 1.82. The van der Waals surface area contributed by atoms with Crippen LogP contribution < -0.4 is 5.32 Å². The molecule has 0 spiro atoms. The fourth-order valence-corrected chi connectivity index (χ4v) is 3.25. The van der Waals surface area contributed by atoms with Crippen LogP contribution >= 0.6 is 23.2 Å². The highest BCUT2D eigenvalue weighted by molar-refractivity contribution is 6.42. The summed E-state index contributed by atoms with van der Waals surface area (Å²) in [6.45, 7) is 9.15. The maximum atomic E-state index is 12.7. The van der Waals surface area contributed by atoms with Crippen molar-refractivity contribution >= 4 is 29.1 Å². The summed E-state index contributed by atoms with van der Waals surface area (Å²) in [4.78, 5) is 16.9. The van der Waals surface area contributed by atoms with Crippen molar-refractivity contribution in [1.29, 1.82) is 0 Å². The molecule has 0 saturated heterocycles. The standard InChI is InChI=1S/C19H21Cl2N5O2/c1-10-14(9-17(27)23-19(4,5)18-22-12(3)28-25-18)11(2)26(24-10)13-6-7-15(20)16(21)8-13/h6-8H,9H2,1-5H3,(H,23,27). The second-order valence-electron chi connectivity index (χ2n) is 7.15. The summed E-state index contributed by atoms with van der Waals surface area (Å²) in [5.74, 6) is 0.720. The summed E-state index contributed by atoms with van der Waals surface area (Å²) in [6.07, 6.45) is 0.180. The first-order valence-corrected chi connectivity index (χ1v) is 9.46. The van der Waals surface area contributed by atoms with Gasteiger partial charge in [-0.1, -0.05) is 28.4 Å². The van der Waals surface area contributed by atoms with Crippen LogP contribution in [-0.2, 0) is 16.8 Å². The average Bonchev–Trinajstić information content (AvgIpc) is 3.16. The van der Waals surface area contributed by atoms with E-state index < -0.39 is 5.54 Å². The number of hydrogen-bond acceptors (Lipinski definition) is 5. The van der Waals surface area contributed by atoms with Gasteiger partial charge < -0.3 is 9.84 Å². The Bertz CT molecular complexity index is 1040. The van der Waals surface area contributed by atoms with Crippen LogP contribution in [0.15, 0.2) is 22.7 Å². The van der Waals surface area contributed by atoms with Gasteiger partial charge in [-0.3, -0.25) is 4.79 Å². The van der Waals surface area contributed by atoms with Crippen molar-refractivity contribution in [2.75, 3.05) is 0 Å². The lowest BCUT2D eigenvalue weighted by atomic mass is 10.0. The van der Waals surface area contributed by atoms with Crippen LogP contribution in [0.5, 0.6) is 0 Å². The van der Waals surface area contributed by atoms with E-state index in [1.165, 1.54) is 0 Å². The Labute approximate surface area is 173 Å². The number of rotatable bonds is 5. The number of hydrogen-bond donors (Lipinski definition) is 1. The van der Waals surface area contributed by atoms with Crippen LogP contribution in [-0.4, -0.2) is 25.8 Å². The predicted molar refractivity (Wildman–Crippen MR) is 107 cm³/mol. The molecule has 28 heavy (non-hydrogen) atoms. The number of nitrogens with one attached hydrogen (secondary N) is 1. The number of carbonyl (C=O) groups excluding carboxylic acids is 1. The molecule has 0 saturated carbocycles. The second-order valence-corrected chi connectivity index (χ2v) is 7.96. The van der Waals surface area contributed by atoms with E-state index in [0.29, 0.717) is 21.8 Å². The van der Waals surface area contributed by atoms with Crippen LogP contribution in [0.2, 0.25) is 10.0 Å². The molecule has 0 atom stereocenters. The van der Waals surface area contributed by atoms with Gasteiger partial charge in [0.05, 0.1) is 33.4 Å². The molecule has 1 aromatic carbocycles. The van der Waals surface area contributed by atoms with Gasteiger partial charge in [-0.2, -0.15) is 10.1 Å². The molecule has 0 aliphatic heterocycles. The maximum Gasteiger partial charge on any atom is 0.225 e. The summed E-state index contributed by atoms with van der Waals surface area (Å²) in [7, 11) is 0. The Morgan fingerprint density at radius 1 is 1.21 bits per heavy atom. The molecule has 1 amide bonds. The van der Waals surface area contributed by atoms with Gasteiger partial charge in [0, 0.05) is 18.2 Å². The van der Waals surface area contributed by atoms with Crippen LogP contribution in [0, 0.1) is 20.8 Å². The minimum atomic E-state index is -0.754. The van der Waals surface area contributed by atoms with E-state index in [4.69, 9.17) is 27.7 Å². The number of benzene rings is 1. The Hall–Kier alpha value is -2.38. The summed E-state index contributed by atoms with van der Waals surface area (Å²) in [6, 6.07) is 5.30. The normalized spacial score (nSPS) is 11.7. The average molecular weight is 422 g/mol. The lowest BCUT2D eigenvalue weighted by molar-refractivity contribution is -0.122. The molecule has 9 heteroatoms. The Morgan fingerprint density at radius 2 is 1.93 bits per heavy atom. The first-order chi connectivity index (χ1) is 13.1. The van der Waals surface area contributed by atoms with E-state index in [1.54, 1.807) is 23.7 Å². The first kappa shape index (κ1) is 20.4. The quantitative estimate of drug-likeness (QED) is 0.670. The molecule has 0 fully saturated rings. The zero-order chi connectivity index (χ0) is 20.6. The van der Waals surface area contributed by atoms with Crippen LogP contribution in [0.3, 0.4) is 0 Å². The van der Waals surface area contributed by atoms with Crippen molar-refractivity contribution in [2.45, 2.75) is 46.6 Å². The number of aryl methyl sites for hydroxylation is 2. The molecule has 0 bridgehead atoms. The van der Waals surface area contributed by atoms with Crippen molar-refractivity contribution in [3.8, 4) is 5.69 Å². The van der Waals surface area contributed by atoms with Crippen LogP contribution in [0.1, 0.15) is 42.5 Å². The van der Waals surface area contributed by atoms with Crippen molar-refractivity contribution in [1.82, 2.24) is 25.2 Å². The van der Waals surface area contributed by atoms with E-state index in [-0.39, 0.29) is 12.3 Å². The molecule has 7 nitrogen and oxygen atoms in total. The highest BCUT2D eigenvalue weighted by atomic mass is 35.5. The zero-order valence-corrected chi connectivity index (χ0v) is 17.8. The van der Waals surface area contributed by atoms with E-state index in [1.807, 2.05) is 33.8 Å². The summed E-state index contributed by atoms with van der Waals surface area (Å²) >= 11 is 12.1. The molecule has 0 aliphatic rings. The highest BCUT2D eigenvalue weighted by Gasteiger charge is 2.29. The van der Waals surface area contributed by atoms with Crippen molar-refractivity contribution in [3.05, 3.63) is 56.9 Å². The molecular formula is C19H21Cl2N5O2. The summed E-state index contributed by atoms with van der Waals surface area (Å²) in [5, 5.41) is 12.3. The third-order valence-corrected chi connectivity index (χ3v) is 5.20. The number of amides is 1. The Kier molecular flexibility index (Phi) is 5.50. The van der Waals surface area contributed by atoms with E-state index >= 15 is 0 Å². The highest BCUT2D eigenvalue weighted by Crippen LogP contribution is 2.26. The van der Waals surface area contributed by atoms with E-state index in [9.17, 15) is 4.79 Å². The predicted octanol–water partition coefficient (Wildman–Crippen LogP) is 4.08.